The zero-order chi connectivity index (χ0) is 11.3. The fourth-order valence-electron chi connectivity index (χ4n) is 1.02. The number of nitrogens with one attached hydrogen (secondary N) is 1. The summed E-state index contributed by atoms with van der Waals surface area (Å²) in [4.78, 5) is 3.98. The highest BCUT2D eigenvalue weighted by Crippen LogP contribution is 2.08. The van der Waals surface area contributed by atoms with E-state index in [-0.39, 0.29) is 10.9 Å². The Hall–Kier alpha value is -0.460. The van der Waals surface area contributed by atoms with Gasteiger partial charge >= 0.3 is 0 Å². The van der Waals surface area contributed by atoms with Crippen molar-refractivity contribution in [3.8, 4) is 0 Å². The highest BCUT2D eigenvalue weighted by molar-refractivity contribution is 9.09. The largest absolute Gasteiger partial charge is 0.263 e. The van der Waals surface area contributed by atoms with E-state index in [0.29, 0.717) is 5.33 Å². The first-order valence-corrected chi connectivity index (χ1v) is 7.19. The van der Waals surface area contributed by atoms with Crippen LogP contribution >= 0.6 is 15.9 Å². The van der Waals surface area contributed by atoms with Crippen LogP contribution in [-0.4, -0.2) is 24.8 Å². The Morgan fingerprint density at radius 2 is 2.33 bits per heavy atom. The van der Waals surface area contributed by atoms with Gasteiger partial charge in [-0.25, -0.2) is 13.1 Å². The van der Waals surface area contributed by atoms with Gasteiger partial charge in [-0.05, 0) is 18.6 Å². The van der Waals surface area contributed by atoms with Crippen LogP contribution in [0.1, 0.15) is 13.3 Å². The van der Waals surface area contributed by atoms with Crippen molar-refractivity contribution in [3.05, 3.63) is 24.5 Å². The molecule has 0 spiro atoms. The molecule has 0 radical (unpaired) electrons. The van der Waals surface area contributed by atoms with Gasteiger partial charge in [0.05, 0.1) is 0 Å². The fourth-order valence-corrected chi connectivity index (χ4v) is 3.13. The van der Waals surface area contributed by atoms with Gasteiger partial charge in [0, 0.05) is 23.8 Å². The van der Waals surface area contributed by atoms with E-state index in [1.165, 1.54) is 12.3 Å². The van der Waals surface area contributed by atoms with Gasteiger partial charge in [0.15, 0.2) is 0 Å². The van der Waals surface area contributed by atoms with Gasteiger partial charge in [0.25, 0.3) is 0 Å². The molecular formula is C9H13BrN2O2S. The predicted molar refractivity (Wildman–Crippen MR) is 62.4 cm³/mol. The predicted octanol–water partition coefficient (Wildman–Crippen LogP) is 1.53. The van der Waals surface area contributed by atoms with Crippen molar-refractivity contribution >= 4 is 26.0 Å². The maximum Gasteiger partial charge on any atom is 0.242 e. The molecule has 84 valence electrons. The molecule has 1 atom stereocenters. The molecule has 0 aromatic carbocycles. The lowest BCUT2D eigenvalue weighted by Crippen LogP contribution is -2.35. The average Bonchev–Trinajstić information content (AvgIpc) is 2.27. The number of aromatic nitrogens is 1. The molecule has 0 saturated heterocycles. The van der Waals surface area contributed by atoms with Gasteiger partial charge in [-0.15, -0.1) is 0 Å². The van der Waals surface area contributed by atoms with Crippen molar-refractivity contribution < 1.29 is 8.42 Å². The lowest BCUT2D eigenvalue weighted by atomic mass is 10.3. The van der Waals surface area contributed by atoms with E-state index in [0.717, 1.165) is 6.42 Å². The van der Waals surface area contributed by atoms with Gasteiger partial charge in [0.1, 0.15) is 4.90 Å². The Kier molecular flexibility index (Phi) is 4.69. The third-order valence-electron chi connectivity index (χ3n) is 1.95. The van der Waals surface area contributed by atoms with Gasteiger partial charge in [-0.1, -0.05) is 22.9 Å². The van der Waals surface area contributed by atoms with E-state index in [1.807, 2.05) is 6.92 Å². The van der Waals surface area contributed by atoms with Crippen LogP contribution in [0.3, 0.4) is 0 Å². The smallest absolute Gasteiger partial charge is 0.242 e. The van der Waals surface area contributed by atoms with Gasteiger partial charge in [-0.3, -0.25) is 4.98 Å². The molecule has 15 heavy (non-hydrogen) atoms. The normalized spacial score (nSPS) is 13.7. The van der Waals surface area contributed by atoms with Crippen LogP contribution in [0.2, 0.25) is 0 Å². The number of alkyl halides is 1. The standard InChI is InChI=1S/C9H13BrN2O2S/c1-2-8(6-10)12-15(13,14)9-4-3-5-11-7-9/h3-5,7-8,12H,2,6H2,1H3. The summed E-state index contributed by atoms with van der Waals surface area (Å²) in [5, 5.41) is 0.600. The van der Waals surface area contributed by atoms with E-state index in [1.54, 1.807) is 12.3 Å². The van der Waals surface area contributed by atoms with E-state index in [2.05, 4.69) is 25.6 Å². The monoisotopic (exact) mass is 292 g/mol. The number of rotatable bonds is 5. The molecule has 0 amide bonds. The summed E-state index contributed by atoms with van der Waals surface area (Å²) in [6.07, 6.45) is 3.62. The van der Waals surface area contributed by atoms with Crippen molar-refractivity contribution in [1.29, 1.82) is 0 Å². The first kappa shape index (κ1) is 12.6. The summed E-state index contributed by atoms with van der Waals surface area (Å²) in [5.74, 6) is 0. The second-order valence-corrected chi connectivity index (χ2v) is 5.43. The number of nitrogens with zero attached hydrogens (tertiary/aromatic N) is 1. The van der Waals surface area contributed by atoms with Crippen LogP contribution in [0.25, 0.3) is 0 Å². The van der Waals surface area contributed by atoms with Gasteiger partial charge < -0.3 is 0 Å². The molecule has 1 aromatic heterocycles. The molecule has 0 aliphatic carbocycles. The van der Waals surface area contributed by atoms with Crippen molar-refractivity contribution in [2.75, 3.05) is 5.33 Å². The molecule has 0 aliphatic rings. The van der Waals surface area contributed by atoms with E-state index in [9.17, 15) is 8.42 Å². The van der Waals surface area contributed by atoms with E-state index < -0.39 is 10.0 Å². The summed E-state index contributed by atoms with van der Waals surface area (Å²) >= 11 is 3.26. The average molecular weight is 293 g/mol. The van der Waals surface area contributed by atoms with Crippen molar-refractivity contribution in [2.45, 2.75) is 24.3 Å². The summed E-state index contributed by atoms with van der Waals surface area (Å²) in [7, 11) is -3.43. The minimum Gasteiger partial charge on any atom is -0.263 e. The zero-order valence-corrected chi connectivity index (χ0v) is 10.8. The second kappa shape index (κ2) is 5.58. The van der Waals surface area contributed by atoms with Gasteiger partial charge in [0.2, 0.25) is 10.0 Å². The van der Waals surface area contributed by atoms with Gasteiger partial charge in [-0.2, -0.15) is 0 Å². The maximum absolute atomic E-state index is 11.8. The Balaban J connectivity index is 2.85. The molecule has 1 N–H and O–H groups in total. The molecule has 0 fully saturated rings. The summed E-state index contributed by atoms with van der Waals surface area (Å²) in [5.41, 5.74) is 0. The lowest BCUT2D eigenvalue weighted by molar-refractivity contribution is 0.558. The minimum atomic E-state index is -3.43. The number of halogens is 1. The molecule has 0 saturated carbocycles. The molecule has 1 unspecified atom stereocenters. The Morgan fingerprint density at radius 1 is 1.60 bits per heavy atom. The van der Waals surface area contributed by atoms with Crippen molar-refractivity contribution in [1.82, 2.24) is 9.71 Å². The molecule has 1 aromatic rings. The third-order valence-corrected chi connectivity index (χ3v) is 4.23. The Labute approximate surface area is 98.3 Å². The maximum atomic E-state index is 11.8. The molecular weight excluding hydrogens is 280 g/mol. The van der Waals surface area contributed by atoms with Crippen molar-refractivity contribution in [3.63, 3.8) is 0 Å². The lowest BCUT2D eigenvalue weighted by Gasteiger charge is -2.13. The molecule has 4 nitrogen and oxygen atoms in total. The number of sulfonamides is 1. The topological polar surface area (TPSA) is 59.1 Å². The molecule has 6 heteroatoms. The summed E-state index contributed by atoms with van der Waals surface area (Å²) < 4.78 is 26.2. The molecule has 1 heterocycles. The zero-order valence-electron chi connectivity index (χ0n) is 8.35. The van der Waals surface area contributed by atoms with Crippen LogP contribution in [0.5, 0.6) is 0 Å². The Morgan fingerprint density at radius 3 is 2.80 bits per heavy atom. The van der Waals surface area contributed by atoms with Crippen LogP contribution in [0.15, 0.2) is 29.4 Å². The molecule has 1 rings (SSSR count). The molecule has 0 aliphatic heterocycles. The van der Waals surface area contributed by atoms with E-state index in [4.69, 9.17) is 0 Å². The van der Waals surface area contributed by atoms with E-state index >= 15 is 0 Å². The fraction of sp³-hybridized carbons (Fsp3) is 0.444. The third kappa shape index (κ3) is 3.55. The number of hydrogen-bond acceptors (Lipinski definition) is 3. The first-order chi connectivity index (χ1) is 7.10. The second-order valence-electron chi connectivity index (χ2n) is 3.07. The highest BCUT2D eigenvalue weighted by Gasteiger charge is 2.17. The number of hydrogen-bond donors (Lipinski definition) is 1. The van der Waals surface area contributed by atoms with Crippen LogP contribution in [0.4, 0.5) is 0 Å². The highest BCUT2D eigenvalue weighted by atomic mass is 79.9. The summed E-state index contributed by atoms with van der Waals surface area (Å²) in [6.45, 7) is 1.93. The minimum absolute atomic E-state index is 0.0878. The van der Waals surface area contributed by atoms with Crippen molar-refractivity contribution in [2.24, 2.45) is 0 Å². The van der Waals surface area contributed by atoms with Crippen LogP contribution in [0, 0.1) is 0 Å². The number of pyridine rings is 1. The summed E-state index contributed by atoms with van der Waals surface area (Å²) in [6, 6.07) is 3.04. The molecule has 0 bridgehead atoms. The quantitative estimate of drug-likeness (QED) is 0.838. The SMILES string of the molecule is CCC(CBr)NS(=O)(=O)c1cccnc1. The van der Waals surface area contributed by atoms with Crippen LogP contribution < -0.4 is 4.72 Å². The van der Waals surface area contributed by atoms with Crippen LogP contribution in [-0.2, 0) is 10.0 Å². The first-order valence-electron chi connectivity index (χ1n) is 4.58. The Bertz CT molecular complexity index is 390.